The van der Waals surface area contributed by atoms with Crippen molar-refractivity contribution in [3.05, 3.63) is 27.8 Å². The fourth-order valence-electron chi connectivity index (χ4n) is 3.02. The van der Waals surface area contributed by atoms with Crippen LogP contribution in [0.5, 0.6) is 5.75 Å². The van der Waals surface area contributed by atoms with Crippen molar-refractivity contribution < 1.29 is 14.6 Å². The fraction of sp³-hybridized carbons (Fsp3) is 0.611. The third kappa shape index (κ3) is 3.83. The predicted octanol–water partition coefficient (Wildman–Crippen LogP) is 3.36. The average molecular weight is 337 g/mol. The number of carboxylic acids is 1. The molecule has 1 aliphatic rings. The summed E-state index contributed by atoms with van der Waals surface area (Å²) in [6.45, 7) is 10.7. The van der Waals surface area contributed by atoms with E-state index in [9.17, 15) is 4.79 Å². The Morgan fingerprint density at radius 3 is 2.57 bits per heavy atom. The van der Waals surface area contributed by atoms with Crippen LogP contribution in [0, 0.1) is 20.8 Å². The number of rotatable bonds is 5. The Morgan fingerprint density at radius 2 is 1.96 bits per heavy atom. The molecular weight excluding hydrogens is 310 g/mol. The standard InChI is InChI=1S/C18H27NO3S/c1-10-11(2)16-13(6-7-18(4,5)22-16)12(3)14(10)8-23-9-15(19)17(20)21/h15H,6-9,19H2,1-5H3,(H,20,21)/t15-/m0/s1. The summed E-state index contributed by atoms with van der Waals surface area (Å²) in [6.07, 6.45) is 2.04. The molecule has 1 aliphatic heterocycles. The van der Waals surface area contributed by atoms with Crippen molar-refractivity contribution in [1.82, 2.24) is 0 Å². The summed E-state index contributed by atoms with van der Waals surface area (Å²) in [5.41, 5.74) is 11.8. The summed E-state index contributed by atoms with van der Waals surface area (Å²) in [4.78, 5) is 10.8. The van der Waals surface area contributed by atoms with Crippen LogP contribution in [0.1, 0.15) is 48.1 Å². The highest BCUT2D eigenvalue weighted by Crippen LogP contribution is 2.41. The molecule has 0 saturated carbocycles. The van der Waals surface area contributed by atoms with Crippen molar-refractivity contribution in [3.63, 3.8) is 0 Å². The Hall–Kier alpha value is -1.20. The zero-order chi connectivity index (χ0) is 17.4. The Labute approximate surface area is 142 Å². The molecule has 0 fully saturated rings. The zero-order valence-corrected chi connectivity index (χ0v) is 15.5. The number of fused-ring (bicyclic) bond motifs is 1. The number of nitrogens with two attached hydrogens (primary N) is 1. The van der Waals surface area contributed by atoms with Crippen LogP contribution in [-0.2, 0) is 17.0 Å². The van der Waals surface area contributed by atoms with E-state index in [-0.39, 0.29) is 5.60 Å². The minimum absolute atomic E-state index is 0.110. The smallest absolute Gasteiger partial charge is 0.321 e. The fourth-order valence-corrected chi connectivity index (χ4v) is 4.18. The van der Waals surface area contributed by atoms with Crippen LogP contribution >= 0.6 is 11.8 Å². The quantitative estimate of drug-likeness (QED) is 0.862. The van der Waals surface area contributed by atoms with Gasteiger partial charge in [0.2, 0.25) is 0 Å². The van der Waals surface area contributed by atoms with Gasteiger partial charge in [0.1, 0.15) is 17.4 Å². The van der Waals surface area contributed by atoms with E-state index in [1.165, 1.54) is 27.8 Å². The molecule has 0 saturated heterocycles. The third-order valence-electron chi connectivity index (χ3n) is 4.75. The first-order valence-corrected chi connectivity index (χ1v) is 9.16. The lowest BCUT2D eigenvalue weighted by atomic mass is 9.86. The number of carbonyl (C=O) groups is 1. The zero-order valence-electron chi connectivity index (χ0n) is 14.7. The maximum Gasteiger partial charge on any atom is 0.321 e. The van der Waals surface area contributed by atoms with Crippen molar-refractivity contribution in [2.75, 3.05) is 5.75 Å². The number of hydrogen-bond acceptors (Lipinski definition) is 4. The molecule has 3 N–H and O–H groups in total. The molecule has 0 bridgehead atoms. The van der Waals surface area contributed by atoms with Gasteiger partial charge in [0.05, 0.1) is 0 Å². The van der Waals surface area contributed by atoms with Gasteiger partial charge in [-0.05, 0) is 75.3 Å². The molecule has 0 aromatic heterocycles. The van der Waals surface area contributed by atoms with E-state index in [2.05, 4.69) is 34.6 Å². The van der Waals surface area contributed by atoms with Crippen molar-refractivity contribution >= 4 is 17.7 Å². The summed E-state index contributed by atoms with van der Waals surface area (Å²) >= 11 is 1.58. The molecule has 0 amide bonds. The Morgan fingerprint density at radius 1 is 1.30 bits per heavy atom. The third-order valence-corrected chi connectivity index (χ3v) is 5.84. The highest BCUT2D eigenvalue weighted by atomic mass is 32.2. The second-order valence-corrected chi connectivity index (χ2v) is 8.01. The maximum absolute atomic E-state index is 10.8. The molecule has 128 valence electrons. The number of aliphatic carboxylic acids is 1. The normalized spacial score (nSPS) is 17.3. The van der Waals surface area contributed by atoms with Crippen LogP contribution in [-0.4, -0.2) is 28.5 Å². The Balaban J connectivity index is 2.25. The van der Waals surface area contributed by atoms with Gasteiger partial charge < -0.3 is 15.6 Å². The van der Waals surface area contributed by atoms with E-state index in [1.54, 1.807) is 11.8 Å². The molecule has 4 nitrogen and oxygen atoms in total. The van der Waals surface area contributed by atoms with E-state index in [4.69, 9.17) is 15.6 Å². The lowest BCUT2D eigenvalue weighted by molar-refractivity contribution is -0.137. The van der Waals surface area contributed by atoms with Crippen LogP contribution in [0.15, 0.2) is 0 Å². The largest absolute Gasteiger partial charge is 0.487 e. The molecule has 1 heterocycles. The van der Waals surface area contributed by atoms with Crippen molar-refractivity contribution in [3.8, 4) is 5.75 Å². The molecule has 2 rings (SSSR count). The Bertz CT molecular complexity index is 625. The van der Waals surface area contributed by atoms with E-state index in [0.717, 1.165) is 24.3 Å². The molecular formula is C18H27NO3S. The number of benzene rings is 1. The van der Waals surface area contributed by atoms with Crippen LogP contribution in [0.4, 0.5) is 0 Å². The molecule has 0 unspecified atom stereocenters. The number of ether oxygens (including phenoxy) is 1. The van der Waals surface area contributed by atoms with E-state index < -0.39 is 12.0 Å². The second kappa shape index (κ2) is 6.73. The number of thioether (sulfide) groups is 1. The highest BCUT2D eigenvalue weighted by Gasteiger charge is 2.30. The van der Waals surface area contributed by atoms with Crippen LogP contribution in [0.3, 0.4) is 0 Å². The van der Waals surface area contributed by atoms with Gasteiger partial charge in [-0.25, -0.2) is 0 Å². The number of hydrogen-bond donors (Lipinski definition) is 2. The van der Waals surface area contributed by atoms with Crippen LogP contribution < -0.4 is 10.5 Å². The second-order valence-electron chi connectivity index (χ2n) is 6.98. The van der Waals surface area contributed by atoms with Gasteiger partial charge in [-0.3, -0.25) is 4.79 Å². The van der Waals surface area contributed by atoms with Crippen LogP contribution in [0.25, 0.3) is 0 Å². The summed E-state index contributed by atoms with van der Waals surface area (Å²) in [6, 6.07) is -0.802. The first-order valence-electron chi connectivity index (χ1n) is 8.00. The number of carboxylic acid groups (broad SMARTS) is 1. The molecule has 23 heavy (non-hydrogen) atoms. The van der Waals surface area contributed by atoms with Gasteiger partial charge >= 0.3 is 5.97 Å². The monoisotopic (exact) mass is 337 g/mol. The van der Waals surface area contributed by atoms with Crippen molar-refractivity contribution in [1.29, 1.82) is 0 Å². The first-order chi connectivity index (χ1) is 10.6. The van der Waals surface area contributed by atoms with Crippen molar-refractivity contribution in [2.24, 2.45) is 5.73 Å². The van der Waals surface area contributed by atoms with Gasteiger partial charge in [-0.2, -0.15) is 11.8 Å². The minimum atomic E-state index is -0.941. The minimum Gasteiger partial charge on any atom is -0.487 e. The maximum atomic E-state index is 10.8. The molecule has 0 radical (unpaired) electrons. The van der Waals surface area contributed by atoms with E-state index >= 15 is 0 Å². The molecule has 1 aromatic carbocycles. The first kappa shape index (κ1) is 18.1. The summed E-state index contributed by atoms with van der Waals surface area (Å²) in [7, 11) is 0. The topological polar surface area (TPSA) is 72.6 Å². The summed E-state index contributed by atoms with van der Waals surface area (Å²) in [5.74, 6) is 1.32. The summed E-state index contributed by atoms with van der Waals surface area (Å²) < 4.78 is 6.24. The van der Waals surface area contributed by atoms with Crippen molar-refractivity contribution in [2.45, 2.75) is 64.9 Å². The molecule has 0 spiro atoms. The van der Waals surface area contributed by atoms with E-state index in [0.29, 0.717) is 5.75 Å². The van der Waals surface area contributed by atoms with Gasteiger partial charge in [0.25, 0.3) is 0 Å². The van der Waals surface area contributed by atoms with E-state index in [1.807, 2.05) is 0 Å². The van der Waals surface area contributed by atoms with Gasteiger partial charge in [0.15, 0.2) is 0 Å². The van der Waals surface area contributed by atoms with Gasteiger partial charge in [-0.15, -0.1) is 0 Å². The molecule has 1 aromatic rings. The Kier molecular flexibility index (Phi) is 5.31. The SMILES string of the molecule is Cc1c(C)c2c(c(C)c1CSC[C@H](N)C(=O)O)CCC(C)(C)O2. The van der Waals surface area contributed by atoms with Crippen LogP contribution in [0.2, 0.25) is 0 Å². The lowest BCUT2D eigenvalue weighted by Crippen LogP contribution is -2.34. The predicted molar refractivity (Wildman–Crippen MR) is 95.5 cm³/mol. The summed E-state index contributed by atoms with van der Waals surface area (Å²) in [5, 5.41) is 8.88. The molecule has 5 heteroatoms. The highest BCUT2D eigenvalue weighted by molar-refractivity contribution is 7.98. The van der Waals surface area contributed by atoms with Gasteiger partial charge in [0, 0.05) is 11.5 Å². The van der Waals surface area contributed by atoms with Gasteiger partial charge in [-0.1, -0.05) is 0 Å². The average Bonchev–Trinajstić information content (AvgIpc) is 2.47. The lowest BCUT2D eigenvalue weighted by Gasteiger charge is -2.36. The molecule has 0 aliphatic carbocycles. The molecule has 1 atom stereocenters.